The number of aromatic nitrogens is 1. The fourth-order valence-corrected chi connectivity index (χ4v) is 2.77. The van der Waals surface area contributed by atoms with Crippen LogP contribution in [0.4, 0.5) is 5.82 Å². The predicted molar refractivity (Wildman–Crippen MR) is 100 cm³/mol. The molecule has 0 atom stereocenters. The van der Waals surface area contributed by atoms with Crippen LogP contribution in [0.25, 0.3) is 6.08 Å². The first-order valence-corrected chi connectivity index (χ1v) is 8.93. The van der Waals surface area contributed by atoms with E-state index in [1.165, 1.54) is 18.4 Å². The van der Waals surface area contributed by atoms with Gasteiger partial charge in [-0.15, -0.1) is 0 Å². The Morgan fingerprint density at radius 2 is 1.96 bits per heavy atom. The third-order valence-corrected chi connectivity index (χ3v) is 4.37. The monoisotopic (exact) mass is 316 g/mol. The van der Waals surface area contributed by atoms with Crippen LogP contribution < -0.4 is 4.90 Å². The van der Waals surface area contributed by atoms with Gasteiger partial charge in [-0.3, -0.25) is 4.90 Å². The number of piperazine rings is 1. The second kappa shape index (κ2) is 9.68. The molecular formula is C19H32N4. The maximum atomic E-state index is 4.65. The van der Waals surface area contributed by atoms with Gasteiger partial charge in [-0.05, 0) is 38.2 Å². The standard InChI is InChI=1S/C19H32N4/c1-4-5-6-7-8-18-9-10-19(20-17-18)23-15-13-22(14-16-23)12-11-21(2)3/h7-10,17H,4-6,11-16H2,1-3H3/b8-7+. The number of unbranched alkanes of at least 4 members (excludes halogenated alkanes) is 2. The summed E-state index contributed by atoms with van der Waals surface area (Å²) in [5, 5.41) is 0. The van der Waals surface area contributed by atoms with Crippen LogP contribution in [0.15, 0.2) is 24.4 Å². The lowest BCUT2D eigenvalue weighted by atomic mass is 10.2. The molecule has 0 amide bonds. The molecule has 0 saturated carbocycles. The lowest BCUT2D eigenvalue weighted by Crippen LogP contribution is -2.48. The van der Waals surface area contributed by atoms with Gasteiger partial charge in [0.05, 0.1) is 0 Å². The number of likely N-dealkylation sites (N-methyl/N-ethyl adjacent to an activating group) is 1. The number of rotatable bonds is 8. The zero-order chi connectivity index (χ0) is 16.5. The Labute approximate surface area is 141 Å². The van der Waals surface area contributed by atoms with Crippen molar-refractivity contribution in [2.75, 3.05) is 58.3 Å². The van der Waals surface area contributed by atoms with Crippen molar-refractivity contribution in [2.45, 2.75) is 26.2 Å². The zero-order valence-corrected chi connectivity index (χ0v) is 15.0. The Balaban J connectivity index is 1.78. The summed E-state index contributed by atoms with van der Waals surface area (Å²) in [4.78, 5) is 11.8. The van der Waals surface area contributed by atoms with Crippen molar-refractivity contribution in [1.82, 2.24) is 14.8 Å². The van der Waals surface area contributed by atoms with E-state index in [0.29, 0.717) is 0 Å². The van der Waals surface area contributed by atoms with Crippen LogP contribution in [0.3, 0.4) is 0 Å². The van der Waals surface area contributed by atoms with Crippen molar-refractivity contribution in [3.05, 3.63) is 30.0 Å². The van der Waals surface area contributed by atoms with Crippen molar-refractivity contribution in [3.63, 3.8) is 0 Å². The van der Waals surface area contributed by atoms with Gasteiger partial charge in [0.2, 0.25) is 0 Å². The third-order valence-electron chi connectivity index (χ3n) is 4.37. The summed E-state index contributed by atoms with van der Waals surface area (Å²) in [6.45, 7) is 8.94. The van der Waals surface area contributed by atoms with Gasteiger partial charge in [-0.2, -0.15) is 0 Å². The highest BCUT2D eigenvalue weighted by molar-refractivity contribution is 5.51. The molecular weight excluding hydrogens is 284 g/mol. The van der Waals surface area contributed by atoms with Gasteiger partial charge in [-0.25, -0.2) is 4.98 Å². The zero-order valence-electron chi connectivity index (χ0n) is 15.0. The van der Waals surface area contributed by atoms with E-state index in [1.54, 1.807) is 0 Å². The molecule has 2 heterocycles. The molecule has 0 radical (unpaired) electrons. The first-order chi connectivity index (χ1) is 11.2. The fourth-order valence-electron chi connectivity index (χ4n) is 2.77. The van der Waals surface area contributed by atoms with Gasteiger partial charge in [0.15, 0.2) is 0 Å². The smallest absolute Gasteiger partial charge is 0.128 e. The lowest BCUT2D eigenvalue weighted by Gasteiger charge is -2.35. The van der Waals surface area contributed by atoms with Gasteiger partial charge in [-0.1, -0.05) is 31.9 Å². The summed E-state index contributed by atoms with van der Waals surface area (Å²) in [7, 11) is 4.27. The van der Waals surface area contributed by atoms with E-state index in [1.807, 2.05) is 6.20 Å². The van der Waals surface area contributed by atoms with Crippen molar-refractivity contribution >= 4 is 11.9 Å². The second-order valence-corrected chi connectivity index (χ2v) is 6.63. The number of anilines is 1. The summed E-state index contributed by atoms with van der Waals surface area (Å²) in [6, 6.07) is 4.35. The second-order valence-electron chi connectivity index (χ2n) is 6.63. The van der Waals surface area contributed by atoms with Crippen LogP contribution in [0.1, 0.15) is 31.7 Å². The summed E-state index contributed by atoms with van der Waals surface area (Å²) < 4.78 is 0. The SMILES string of the molecule is CCCC/C=C/c1ccc(N2CCN(CCN(C)C)CC2)nc1. The number of hydrogen-bond acceptors (Lipinski definition) is 4. The van der Waals surface area contributed by atoms with Crippen LogP contribution in [-0.2, 0) is 0 Å². The molecule has 0 aliphatic carbocycles. The van der Waals surface area contributed by atoms with Crippen LogP contribution in [-0.4, -0.2) is 68.1 Å². The predicted octanol–water partition coefficient (Wildman–Crippen LogP) is 2.97. The summed E-state index contributed by atoms with van der Waals surface area (Å²) in [5.41, 5.74) is 1.20. The summed E-state index contributed by atoms with van der Waals surface area (Å²) in [5.74, 6) is 1.11. The average Bonchev–Trinajstić information content (AvgIpc) is 2.58. The number of allylic oxidation sites excluding steroid dienone is 1. The van der Waals surface area contributed by atoms with Gasteiger partial charge in [0.25, 0.3) is 0 Å². The molecule has 1 fully saturated rings. The molecule has 2 rings (SSSR count). The largest absolute Gasteiger partial charge is 0.354 e. The van der Waals surface area contributed by atoms with Crippen molar-refractivity contribution in [3.8, 4) is 0 Å². The molecule has 1 saturated heterocycles. The van der Waals surface area contributed by atoms with Crippen LogP contribution in [0, 0.1) is 0 Å². The summed E-state index contributed by atoms with van der Waals surface area (Å²) in [6.07, 6.45) is 10.1. The maximum absolute atomic E-state index is 4.65. The molecule has 0 spiro atoms. The van der Waals surface area contributed by atoms with Crippen LogP contribution in [0.5, 0.6) is 0 Å². The van der Waals surface area contributed by atoms with E-state index >= 15 is 0 Å². The van der Waals surface area contributed by atoms with E-state index in [-0.39, 0.29) is 0 Å². The molecule has 4 nitrogen and oxygen atoms in total. The molecule has 1 aliphatic rings. The quantitative estimate of drug-likeness (QED) is 0.688. The normalized spacial score (nSPS) is 16.6. The number of pyridine rings is 1. The first-order valence-electron chi connectivity index (χ1n) is 8.93. The third kappa shape index (κ3) is 6.32. The molecule has 0 N–H and O–H groups in total. The first kappa shape index (κ1) is 18.0. The Morgan fingerprint density at radius 1 is 1.17 bits per heavy atom. The Hall–Kier alpha value is -1.39. The van der Waals surface area contributed by atoms with E-state index < -0.39 is 0 Å². The average molecular weight is 316 g/mol. The fraction of sp³-hybridized carbons (Fsp3) is 0.632. The number of hydrogen-bond donors (Lipinski definition) is 0. The minimum Gasteiger partial charge on any atom is -0.354 e. The van der Waals surface area contributed by atoms with Gasteiger partial charge < -0.3 is 9.80 Å². The molecule has 0 aromatic carbocycles. The highest BCUT2D eigenvalue weighted by Gasteiger charge is 2.17. The van der Waals surface area contributed by atoms with Crippen molar-refractivity contribution < 1.29 is 0 Å². The van der Waals surface area contributed by atoms with E-state index in [4.69, 9.17) is 0 Å². The minimum atomic E-state index is 1.08. The molecule has 4 heteroatoms. The van der Waals surface area contributed by atoms with Crippen LogP contribution >= 0.6 is 0 Å². The van der Waals surface area contributed by atoms with Gasteiger partial charge >= 0.3 is 0 Å². The minimum absolute atomic E-state index is 1.08. The molecule has 1 aromatic heterocycles. The lowest BCUT2D eigenvalue weighted by molar-refractivity contribution is 0.229. The Bertz CT molecular complexity index is 459. The molecule has 128 valence electrons. The molecule has 0 unspecified atom stereocenters. The molecule has 1 aliphatic heterocycles. The van der Waals surface area contributed by atoms with Gasteiger partial charge in [0, 0.05) is 45.5 Å². The molecule has 23 heavy (non-hydrogen) atoms. The van der Waals surface area contributed by atoms with Crippen molar-refractivity contribution in [2.24, 2.45) is 0 Å². The van der Waals surface area contributed by atoms with Crippen LogP contribution in [0.2, 0.25) is 0 Å². The Morgan fingerprint density at radius 3 is 2.57 bits per heavy atom. The number of nitrogens with zero attached hydrogens (tertiary/aromatic N) is 4. The van der Waals surface area contributed by atoms with Gasteiger partial charge in [0.1, 0.15) is 5.82 Å². The molecule has 1 aromatic rings. The summed E-state index contributed by atoms with van der Waals surface area (Å²) >= 11 is 0. The van der Waals surface area contributed by atoms with E-state index in [2.05, 4.69) is 65.0 Å². The highest BCUT2D eigenvalue weighted by atomic mass is 15.3. The van der Waals surface area contributed by atoms with Crippen molar-refractivity contribution in [1.29, 1.82) is 0 Å². The topological polar surface area (TPSA) is 22.6 Å². The van der Waals surface area contributed by atoms with E-state index in [9.17, 15) is 0 Å². The maximum Gasteiger partial charge on any atom is 0.128 e. The van der Waals surface area contributed by atoms with E-state index in [0.717, 1.165) is 51.5 Å². The Kier molecular flexibility index (Phi) is 7.56. The highest BCUT2D eigenvalue weighted by Crippen LogP contribution is 2.15. The molecule has 0 bridgehead atoms.